The van der Waals surface area contributed by atoms with Crippen molar-refractivity contribution in [2.24, 2.45) is 0 Å². The summed E-state index contributed by atoms with van der Waals surface area (Å²) in [6, 6.07) is 3.74. The Balaban J connectivity index is 2.43. The van der Waals surface area contributed by atoms with E-state index in [9.17, 15) is 0 Å². The van der Waals surface area contributed by atoms with Crippen molar-refractivity contribution in [3.63, 3.8) is 0 Å². The Morgan fingerprint density at radius 3 is 3.00 bits per heavy atom. The van der Waals surface area contributed by atoms with Crippen LogP contribution in [-0.4, -0.2) is 37.9 Å². The van der Waals surface area contributed by atoms with Crippen LogP contribution in [0.15, 0.2) is 24.5 Å². The average Bonchev–Trinajstić information content (AvgIpc) is 2.28. The lowest BCUT2D eigenvalue weighted by atomic mass is 10.3. The summed E-state index contributed by atoms with van der Waals surface area (Å²) in [6.07, 6.45) is 3.45. The summed E-state index contributed by atoms with van der Waals surface area (Å²) in [6.45, 7) is 4.34. The lowest BCUT2D eigenvalue weighted by molar-refractivity contribution is 0.0807. The van der Waals surface area contributed by atoms with Crippen LogP contribution in [0.25, 0.3) is 0 Å². The summed E-state index contributed by atoms with van der Waals surface area (Å²) in [7, 11) is 1.67. The maximum absolute atomic E-state index is 5.71. The third kappa shape index (κ3) is 4.76. The molecule has 1 aromatic heterocycles. The predicted octanol–water partition coefficient (Wildman–Crippen LogP) is 1.08. The first kappa shape index (κ1) is 11.9. The van der Waals surface area contributed by atoms with Crippen molar-refractivity contribution in [3.05, 3.63) is 24.5 Å². The molecule has 1 aromatic rings. The third-order valence-corrected chi connectivity index (χ3v) is 1.91. The Labute approximate surface area is 90.6 Å². The summed E-state index contributed by atoms with van der Waals surface area (Å²) in [4.78, 5) is 3.99. The molecule has 0 aromatic carbocycles. The van der Waals surface area contributed by atoms with Crippen LogP contribution in [0.2, 0.25) is 0 Å². The summed E-state index contributed by atoms with van der Waals surface area (Å²) in [5.41, 5.74) is 0. The smallest absolute Gasteiger partial charge is 0.138 e. The molecule has 0 aliphatic heterocycles. The van der Waals surface area contributed by atoms with Crippen LogP contribution >= 0.6 is 0 Å². The fourth-order valence-electron chi connectivity index (χ4n) is 1.24. The first-order chi connectivity index (χ1) is 7.36. The van der Waals surface area contributed by atoms with Crippen molar-refractivity contribution in [3.8, 4) is 5.75 Å². The Kier molecular flexibility index (Phi) is 5.73. The van der Waals surface area contributed by atoms with Crippen LogP contribution < -0.4 is 10.1 Å². The number of methoxy groups -OCH3 is 1. The highest BCUT2D eigenvalue weighted by atomic mass is 16.5. The molecule has 1 rings (SSSR count). The quantitative estimate of drug-likeness (QED) is 0.731. The van der Waals surface area contributed by atoms with E-state index >= 15 is 0 Å². The fraction of sp³-hybridized carbons (Fsp3) is 0.545. The van der Waals surface area contributed by atoms with E-state index in [-0.39, 0.29) is 6.10 Å². The molecule has 0 aliphatic carbocycles. The van der Waals surface area contributed by atoms with Gasteiger partial charge in [0.2, 0.25) is 0 Å². The SMILES string of the molecule is CCNCC(COC)Oc1cccnc1. The van der Waals surface area contributed by atoms with Crippen LogP contribution in [0, 0.1) is 0 Å². The molecule has 4 nitrogen and oxygen atoms in total. The highest BCUT2D eigenvalue weighted by Gasteiger charge is 2.09. The number of aromatic nitrogens is 1. The number of likely N-dealkylation sites (N-methyl/N-ethyl adjacent to an activating group) is 1. The number of hydrogen-bond donors (Lipinski definition) is 1. The van der Waals surface area contributed by atoms with Gasteiger partial charge in [0.05, 0.1) is 12.8 Å². The minimum absolute atomic E-state index is 0.0270. The van der Waals surface area contributed by atoms with Gasteiger partial charge in [-0.1, -0.05) is 6.92 Å². The summed E-state index contributed by atoms with van der Waals surface area (Å²) >= 11 is 0. The number of hydrogen-bond acceptors (Lipinski definition) is 4. The number of pyridine rings is 1. The third-order valence-electron chi connectivity index (χ3n) is 1.91. The Hall–Kier alpha value is -1.13. The van der Waals surface area contributed by atoms with E-state index in [0.29, 0.717) is 6.61 Å². The van der Waals surface area contributed by atoms with E-state index in [1.807, 2.05) is 12.1 Å². The highest BCUT2D eigenvalue weighted by Crippen LogP contribution is 2.08. The van der Waals surface area contributed by atoms with E-state index in [1.165, 1.54) is 0 Å². The number of nitrogens with one attached hydrogen (secondary N) is 1. The van der Waals surface area contributed by atoms with Gasteiger partial charge in [0.25, 0.3) is 0 Å². The molecular weight excluding hydrogens is 192 g/mol. The Bertz CT molecular complexity index is 254. The molecule has 0 radical (unpaired) electrons. The molecule has 0 aliphatic rings. The van der Waals surface area contributed by atoms with E-state index in [1.54, 1.807) is 19.5 Å². The van der Waals surface area contributed by atoms with Gasteiger partial charge in [-0.05, 0) is 18.7 Å². The molecule has 1 heterocycles. The predicted molar refractivity (Wildman–Crippen MR) is 59.1 cm³/mol. The maximum atomic E-state index is 5.71. The molecule has 84 valence electrons. The molecule has 0 spiro atoms. The molecule has 0 saturated carbocycles. The number of ether oxygens (including phenoxy) is 2. The maximum Gasteiger partial charge on any atom is 0.138 e. The molecule has 0 bridgehead atoms. The zero-order valence-electron chi connectivity index (χ0n) is 9.27. The first-order valence-corrected chi connectivity index (χ1v) is 5.13. The zero-order chi connectivity index (χ0) is 10.9. The summed E-state index contributed by atoms with van der Waals surface area (Å²) < 4.78 is 10.8. The van der Waals surface area contributed by atoms with Gasteiger partial charge in [0, 0.05) is 19.9 Å². The van der Waals surface area contributed by atoms with Gasteiger partial charge in [0.1, 0.15) is 11.9 Å². The number of nitrogens with zero attached hydrogens (tertiary/aromatic N) is 1. The van der Waals surface area contributed by atoms with Crippen LogP contribution in [0.5, 0.6) is 5.75 Å². The molecular formula is C11H18N2O2. The van der Waals surface area contributed by atoms with Crippen molar-refractivity contribution in [2.75, 3.05) is 26.8 Å². The minimum Gasteiger partial charge on any atom is -0.485 e. The Morgan fingerprint density at radius 1 is 1.53 bits per heavy atom. The van der Waals surface area contributed by atoms with Crippen molar-refractivity contribution >= 4 is 0 Å². The molecule has 0 amide bonds. The van der Waals surface area contributed by atoms with Crippen molar-refractivity contribution in [2.45, 2.75) is 13.0 Å². The second kappa shape index (κ2) is 7.20. The second-order valence-electron chi connectivity index (χ2n) is 3.19. The van der Waals surface area contributed by atoms with Crippen molar-refractivity contribution in [1.82, 2.24) is 10.3 Å². The van der Waals surface area contributed by atoms with Gasteiger partial charge in [-0.3, -0.25) is 4.98 Å². The van der Waals surface area contributed by atoms with Gasteiger partial charge in [-0.2, -0.15) is 0 Å². The lowest BCUT2D eigenvalue weighted by Gasteiger charge is -2.18. The first-order valence-electron chi connectivity index (χ1n) is 5.13. The van der Waals surface area contributed by atoms with Crippen LogP contribution in [0.1, 0.15) is 6.92 Å². The molecule has 0 fully saturated rings. The van der Waals surface area contributed by atoms with E-state index in [0.717, 1.165) is 18.8 Å². The summed E-state index contributed by atoms with van der Waals surface area (Å²) in [5, 5.41) is 3.23. The van der Waals surface area contributed by atoms with Gasteiger partial charge in [-0.25, -0.2) is 0 Å². The monoisotopic (exact) mass is 210 g/mol. The lowest BCUT2D eigenvalue weighted by Crippen LogP contribution is -2.34. The number of rotatable bonds is 7. The highest BCUT2D eigenvalue weighted by molar-refractivity contribution is 5.15. The minimum atomic E-state index is 0.0270. The van der Waals surface area contributed by atoms with Crippen molar-refractivity contribution in [1.29, 1.82) is 0 Å². The van der Waals surface area contributed by atoms with Gasteiger partial charge in [0.15, 0.2) is 0 Å². The normalized spacial score (nSPS) is 12.4. The van der Waals surface area contributed by atoms with Crippen LogP contribution in [-0.2, 0) is 4.74 Å². The van der Waals surface area contributed by atoms with E-state index < -0.39 is 0 Å². The second-order valence-corrected chi connectivity index (χ2v) is 3.19. The van der Waals surface area contributed by atoms with Gasteiger partial charge < -0.3 is 14.8 Å². The zero-order valence-corrected chi connectivity index (χ0v) is 9.27. The standard InChI is InChI=1S/C11H18N2O2/c1-3-12-8-11(9-14-2)15-10-5-4-6-13-7-10/h4-7,11-12H,3,8-9H2,1-2H3. The van der Waals surface area contributed by atoms with Gasteiger partial charge in [-0.15, -0.1) is 0 Å². The van der Waals surface area contributed by atoms with Crippen LogP contribution in [0.4, 0.5) is 0 Å². The van der Waals surface area contributed by atoms with E-state index in [4.69, 9.17) is 9.47 Å². The molecule has 1 atom stereocenters. The van der Waals surface area contributed by atoms with Crippen molar-refractivity contribution < 1.29 is 9.47 Å². The molecule has 0 saturated heterocycles. The Morgan fingerprint density at radius 2 is 2.40 bits per heavy atom. The largest absolute Gasteiger partial charge is 0.485 e. The molecule has 1 unspecified atom stereocenters. The topological polar surface area (TPSA) is 43.4 Å². The molecule has 15 heavy (non-hydrogen) atoms. The van der Waals surface area contributed by atoms with Crippen LogP contribution in [0.3, 0.4) is 0 Å². The van der Waals surface area contributed by atoms with Gasteiger partial charge >= 0.3 is 0 Å². The fourth-order valence-corrected chi connectivity index (χ4v) is 1.24. The molecule has 4 heteroatoms. The average molecular weight is 210 g/mol. The van der Waals surface area contributed by atoms with E-state index in [2.05, 4.69) is 17.2 Å². The molecule has 1 N–H and O–H groups in total. The summed E-state index contributed by atoms with van der Waals surface area (Å²) in [5.74, 6) is 0.775.